The normalized spacial score (nSPS) is 16.8. The second-order valence-electron chi connectivity index (χ2n) is 10.0. The predicted molar refractivity (Wildman–Crippen MR) is 150 cm³/mol. The molecule has 2 fully saturated rings. The van der Waals surface area contributed by atoms with E-state index in [0.29, 0.717) is 22.9 Å². The van der Waals surface area contributed by atoms with Gasteiger partial charge in [0.2, 0.25) is 0 Å². The average molecular weight is 498 g/mol. The zero-order chi connectivity index (χ0) is 24.6. The summed E-state index contributed by atoms with van der Waals surface area (Å²) in [6, 6.07) is 19.3. The van der Waals surface area contributed by atoms with Crippen LogP contribution in [0.5, 0.6) is 0 Å². The molecule has 0 unspecified atom stereocenters. The Morgan fingerprint density at radius 3 is 2.53 bits per heavy atom. The van der Waals surface area contributed by atoms with Crippen LogP contribution in [0.2, 0.25) is 0 Å². The lowest BCUT2D eigenvalue weighted by atomic mass is 9.89. The number of hydrogen-bond acceptors (Lipinski definition) is 6. The van der Waals surface area contributed by atoms with E-state index in [4.69, 9.17) is 4.98 Å². The number of rotatable bonds is 6. The van der Waals surface area contributed by atoms with Gasteiger partial charge in [0.15, 0.2) is 0 Å². The van der Waals surface area contributed by atoms with Gasteiger partial charge in [-0.1, -0.05) is 24.3 Å². The topological polar surface area (TPSA) is 73.1 Å². The van der Waals surface area contributed by atoms with Crippen molar-refractivity contribution in [3.8, 4) is 0 Å². The van der Waals surface area contributed by atoms with Crippen LogP contribution in [-0.4, -0.2) is 34.0 Å². The fraction of sp³-hybridized carbons (Fsp3) is 0.310. The van der Waals surface area contributed by atoms with Crippen LogP contribution in [-0.2, 0) is 0 Å². The molecule has 1 aliphatic carbocycles. The summed E-state index contributed by atoms with van der Waals surface area (Å²) in [7, 11) is 0. The molecule has 1 saturated heterocycles. The Morgan fingerprint density at radius 1 is 1.00 bits per heavy atom. The number of pyridine rings is 2. The van der Waals surface area contributed by atoms with Crippen molar-refractivity contribution < 1.29 is 0 Å². The van der Waals surface area contributed by atoms with Crippen molar-refractivity contribution in [2.45, 2.75) is 49.5 Å². The summed E-state index contributed by atoms with van der Waals surface area (Å²) in [5, 5.41) is 8.13. The molecule has 0 radical (unpaired) electrons. The van der Waals surface area contributed by atoms with Crippen molar-refractivity contribution in [2.24, 2.45) is 0 Å². The van der Waals surface area contributed by atoms with Crippen molar-refractivity contribution in [1.82, 2.24) is 14.9 Å². The van der Waals surface area contributed by atoms with E-state index in [2.05, 4.69) is 57.4 Å². The van der Waals surface area contributed by atoms with Crippen LogP contribution in [0.1, 0.15) is 42.7 Å². The summed E-state index contributed by atoms with van der Waals surface area (Å²) in [6.07, 6.45) is 6.88. The van der Waals surface area contributed by atoms with Crippen LogP contribution in [0.15, 0.2) is 70.5 Å². The van der Waals surface area contributed by atoms with E-state index in [-0.39, 0.29) is 5.56 Å². The average Bonchev–Trinajstić information content (AvgIpc) is 3.73. The van der Waals surface area contributed by atoms with Gasteiger partial charge in [-0.2, -0.15) is 0 Å². The number of aromatic nitrogens is 2. The summed E-state index contributed by atoms with van der Waals surface area (Å²) < 4.78 is 0. The summed E-state index contributed by atoms with van der Waals surface area (Å²) in [5.41, 5.74) is 4.09. The Balaban J connectivity index is 1.26. The van der Waals surface area contributed by atoms with Crippen molar-refractivity contribution in [1.29, 1.82) is 0 Å². The molecule has 4 aromatic rings. The molecule has 2 aromatic carbocycles. The molecule has 7 heteroatoms. The van der Waals surface area contributed by atoms with E-state index in [0.717, 1.165) is 33.3 Å². The highest BCUT2D eigenvalue weighted by Gasteiger charge is 2.32. The summed E-state index contributed by atoms with van der Waals surface area (Å²) >= 11 is 4.64. The van der Waals surface area contributed by atoms with Crippen LogP contribution in [0.4, 0.5) is 23.0 Å². The number of aryl methyl sites for hydroxylation is 1. The minimum atomic E-state index is -0.168. The highest BCUT2D eigenvalue weighted by atomic mass is 32.1. The summed E-state index contributed by atoms with van der Waals surface area (Å²) in [6.45, 7) is 4.44. The first kappa shape index (κ1) is 23.1. The lowest BCUT2D eigenvalue weighted by Crippen LogP contribution is -2.34. The minimum Gasteiger partial charge on any atom is -0.339 e. The fourth-order valence-corrected chi connectivity index (χ4v) is 5.48. The zero-order valence-corrected chi connectivity index (χ0v) is 21.3. The SMILES string of the molecule is Cc1cccc(Nc2cc3cc[nH]c(=O)c3c(Nc3ccc(C4CCN(C5CC5)CC4)cc3)n2)c1S. The first-order chi connectivity index (χ1) is 17.5. The van der Waals surface area contributed by atoms with Crippen LogP contribution in [0, 0.1) is 6.92 Å². The number of nitrogens with zero attached hydrogens (tertiary/aromatic N) is 2. The van der Waals surface area contributed by atoms with Crippen molar-refractivity contribution in [3.05, 3.63) is 82.3 Å². The Labute approximate surface area is 216 Å². The number of hydrogen-bond donors (Lipinski definition) is 4. The second-order valence-corrected chi connectivity index (χ2v) is 10.5. The van der Waals surface area contributed by atoms with E-state index in [1.165, 1.54) is 44.3 Å². The van der Waals surface area contributed by atoms with Crippen molar-refractivity contribution in [3.63, 3.8) is 0 Å². The highest BCUT2D eigenvalue weighted by Crippen LogP contribution is 2.35. The largest absolute Gasteiger partial charge is 0.339 e. The molecule has 184 valence electrons. The molecule has 2 aliphatic rings. The molecule has 2 aromatic heterocycles. The first-order valence-corrected chi connectivity index (χ1v) is 13.2. The molecule has 3 N–H and O–H groups in total. The molecule has 1 saturated carbocycles. The number of thiol groups is 1. The van der Waals surface area contributed by atoms with E-state index in [1.807, 2.05) is 37.3 Å². The minimum absolute atomic E-state index is 0.168. The maximum absolute atomic E-state index is 12.7. The highest BCUT2D eigenvalue weighted by molar-refractivity contribution is 7.80. The second kappa shape index (κ2) is 9.64. The number of anilines is 4. The van der Waals surface area contributed by atoms with Gasteiger partial charge in [0.25, 0.3) is 5.56 Å². The third kappa shape index (κ3) is 4.73. The Hall–Kier alpha value is -3.29. The van der Waals surface area contributed by atoms with Crippen LogP contribution < -0.4 is 16.2 Å². The lowest BCUT2D eigenvalue weighted by molar-refractivity contribution is 0.203. The molecule has 6 nitrogen and oxygen atoms in total. The fourth-order valence-electron chi connectivity index (χ4n) is 5.28. The van der Waals surface area contributed by atoms with Gasteiger partial charge in [-0.3, -0.25) is 4.79 Å². The number of piperidine rings is 1. The van der Waals surface area contributed by atoms with Gasteiger partial charge >= 0.3 is 0 Å². The maximum Gasteiger partial charge on any atom is 0.259 e. The number of likely N-dealkylation sites (tertiary alicyclic amines) is 1. The number of aromatic amines is 1. The molecule has 0 amide bonds. The van der Waals surface area contributed by atoms with Crippen LogP contribution in [0.25, 0.3) is 10.8 Å². The molecule has 0 spiro atoms. The molecule has 0 bridgehead atoms. The monoisotopic (exact) mass is 497 g/mol. The number of H-pyrrole nitrogens is 1. The van der Waals surface area contributed by atoms with Gasteiger partial charge in [-0.15, -0.1) is 12.6 Å². The van der Waals surface area contributed by atoms with E-state index < -0.39 is 0 Å². The van der Waals surface area contributed by atoms with Gasteiger partial charge in [-0.25, -0.2) is 4.98 Å². The maximum atomic E-state index is 12.7. The summed E-state index contributed by atoms with van der Waals surface area (Å²) in [5.74, 6) is 1.79. The van der Waals surface area contributed by atoms with Crippen molar-refractivity contribution >= 4 is 46.4 Å². The van der Waals surface area contributed by atoms with Gasteiger partial charge in [0.05, 0.1) is 11.1 Å². The standard InChI is InChI=1S/C29H31N5OS/c1-18-3-2-4-24(27(18)36)32-25-17-21-11-14-30-29(35)26(21)28(33-25)31-22-7-5-19(6-8-22)20-12-15-34(16-13-20)23-9-10-23/h2-8,11,14,17,20,23,36H,9-10,12-13,15-16H2,1H3,(H,30,35)(H2,31,32,33). The molecular weight excluding hydrogens is 466 g/mol. The van der Waals surface area contributed by atoms with E-state index >= 15 is 0 Å². The Bertz CT molecular complexity index is 1450. The first-order valence-electron chi connectivity index (χ1n) is 12.7. The van der Waals surface area contributed by atoms with Crippen LogP contribution in [0.3, 0.4) is 0 Å². The quantitative estimate of drug-likeness (QED) is 0.234. The van der Waals surface area contributed by atoms with Gasteiger partial charge in [0.1, 0.15) is 11.6 Å². The van der Waals surface area contributed by atoms with Gasteiger partial charge in [0, 0.05) is 22.8 Å². The molecule has 1 aliphatic heterocycles. The molecule has 3 heterocycles. The number of benzene rings is 2. The molecular formula is C29H31N5OS. The van der Waals surface area contributed by atoms with Gasteiger partial charge < -0.3 is 20.5 Å². The molecule has 36 heavy (non-hydrogen) atoms. The smallest absolute Gasteiger partial charge is 0.259 e. The zero-order valence-electron chi connectivity index (χ0n) is 20.4. The third-order valence-electron chi connectivity index (χ3n) is 7.49. The van der Waals surface area contributed by atoms with E-state index in [9.17, 15) is 4.79 Å². The van der Waals surface area contributed by atoms with Gasteiger partial charge in [-0.05, 0) is 98.5 Å². The Morgan fingerprint density at radius 2 is 1.78 bits per heavy atom. The summed E-state index contributed by atoms with van der Waals surface area (Å²) in [4.78, 5) is 23.8. The predicted octanol–water partition coefficient (Wildman–Crippen LogP) is 6.35. The van der Waals surface area contributed by atoms with Crippen LogP contribution >= 0.6 is 12.6 Å². The number of nitrogens with one attached hydrogen (secondary N) is 3. The molecule has 0 atom stereocenters. The van der Waals surface area contributed by atoms with Crippen molar-refractivity contribution in [2.75, 3.05) is 23.7 Å². The van der Waals surface area contributed by atoms with E-state index in [1.54, 1.807) is 6.20 Å². The molecule has 6 rings (SSSR count). The number of fused-ring (bicyclic) bond motifs is 1. The lowest BCUT2D eigenvalue weighted by Gasteiger charge is -2.32. The third-order valence-corrected chi connectivity index (χ3v) is 8.09. The Kier molecular flexibility index (Phi) is 6.19.